The third-order valence-electron chi connectivity index (χ3n) is 5.82. The highest BCUT2D eigenvalue weighted by atomic mass is 35.5. The lowest BCUT2D eigenvalue weighted by atomic mass is 10.1. The van der Waals surface area contributed by atoms with Crippen LogP contribution in [0.15, 0.2) is 97.1 Å². The van der Waals surface area contributed by atoms with E-state index in [-0.39, 0.29) is 35.1 Å². The first-order chi connectivity index (χ1) is 17.8. The van der Waals surface area contributed by atoms with Gasteiger partial charge in [0.15, 0.2) is 17.0 Å². The molecule has 0 saturated carbocycles. The third-order valence-corrected chi connectivity index (χ3v) is 6.16. The number of aromatic nitrogens is 3. The van der Waals surface area contributed by atoms with Gasteiger partial charge in [-0.25, -0.2) is 9.50 Å². The van der Waals surface area contributed by atoms with E-state index in [0.29, 0.717) is 10.1 Å². The van der Waals surface area contributed by atoms with Gasteiger partial charge in [-0.2, -0.15) is 18.3 Å². The van der Waals surface area contributed by atoms with E-state index in [1.807, 2.05) is 60.7 Å². The van der Waals surface area contributed by atoms with E-state index in [1.165, 1.54) is 4.90 Å². The van der Waals surface area contributed by atoms with Crippen molar-refractivity contribution in [2.45, 2.75) is 19.3 Å². The summed E-state index contributed by atoms with van der Waals surface area (Å²) in [5.74, 6) is -0.599. The molecule has 0 fully saturated rings. The van der Waals surface area contributed by atoms with Gasteiger partial charge in [0.25, 0.3) is 5.91 Å². The van der Waals surface area contributed by atoms with E-state index in [2.05, 4.69) is 10.1 Å². The zero-order valence-corrected chi connectivity index (χ0v) is 20.1. The minimum Gasteiger partial charge on any atom is -0.329 e. The van der Waals surface area contributed by atoms with Crippen LogP contribution in [0.1, 0.15) is 27.3 Å². The highest BCUT2D eigenvalue weighted by Crippen LogP contribution is 2.35. The zero-order chi connectivity index (χ0) is 26.0. The van der Waals surface area contributed by atoms with Gasteiger partial charge in [-0.1, -0.05) is 103 Å². The maximum absolute atomic E-state index is 14.1. The molecule has 0 spiro atoms. The Kier molecular flexibility index (Phi) is 6.67. The Bertz CT molecular complexity index is 1500. The average molecular weight is 521 g/mol. The summed E-state index contributed by atoms with van der Waals surface area (Å²) in [7, 11) is 0. The number of rotatable bonds is 6. The Balaban J connectivity index is 1.61. The van der Waals surface area contributed by atoms with Crippen molar-refractivity contribution in [1.82, 2.24) is 19.5 Å². The van der Waals surface area contributed by atoms with Crippen LogP contribution in [0.2, 0.25) is 5.02 Å². The van der Waals surface area contributed by atoms with Crippen molar-refractivity contribution >= 4 is 23.2 Å². The lowest BCUT2D eigenvalue weighted by molar-refractivity contribution is -0.142. The lowest BCUT2D eigenvalue weighted by Crippen LogP contribution is -2.30. The molecule has 0 atom stereocenters. The Morgan fingerprint density at radius 2 is 1.35 bits per heavy atom. The Morgan fingerprint density at radius 1 is 0.838 bits per heavy atom. The second-order valence-electron chi connectivity index (χ2n) is 8.42. The van der Waals surface area contributed by atoms with E-state index < -0.39 is 17.8 Å². The SMILES string of the molecule is O=C(c1nn2c(C(F)(F)F)cc(-c3ccccc3)nc2c1Cl)N(Cc1ccccc1)Cc1ccccc1. The van der Waals surface area contributed by atoms with Crippen LogP contribution in [0.4, 0.5) is 13.2 Å². The van der Waals surface area contributed by atoms with Crippen LogP contribution in [-0.4, -0.2) is 25.4 Å². The van der Waals surface area contributed by atoms with Crippen molar-refractivity contribution in [3.05, 3.63) is 125 Å². The number of alkyl halides is 3. The number of halogens is 4. The monoisotopic (exact) mass is 520 g/mol. The van der Waals surface area contributed by atoms with Gasteiger partial charge in [-0.15, -0.1) is 0 Å². The molecule has 0 N–H and O–H groups in total. The van der Waals surface area contributed by atoms with Gasteiger partial charge in [0.05, 0.1) is 5.69 Å². The number of hydrogen-bond acceptors (Lipinski definition) is 3. The van der Waals surface area contributed by atoms with E-state index >= 15 is 0 Å². The summed E-state index contributed by atoms with van der Waals surface area (Å²) in [6.07, 6.45) is -4.76. The molecule has 0 aliphatic heterocycles. The van der Waals surface area contributed by atoms with Crippen LogP contribution in [0, 0.1) is 0 Å². The molecule has 5 rings (SSSR count). The number of amides is 1. The van der Waals surface area contributed by atoms with Crippen molar-refractivity contribution in [1.29, 1.82) is 0 Å². The van der Waals surface area contributed by atoms with Crippen molar-refractivity contribution in [2.24, 2.45) is 0 Å². The fourth-order valence-corrected chi connectivity index (χ4v) is 4.28. The van der Waals surface area contributed by atoms with Gasteiger partial charge in [0.2, 0.25) is 0 Å². The first-order valence-corrected chi connectivity index (χ1v) is 11.8. The predicted molar refractivity (Wildman–Crippen MR) is 135 cm³/mol. The van der Waals surface area contributed by atoms with Gasteiger partial charge in [-0.3, -0.25) is 4.79 Å². The average Bonchev–Trinajstić information content (AvgIpc) is 3.24. The van der Waals surface area contributed by atoms with Gasteiger partial charge in [-0.05, 0) is 17.2 Å². The highest BCUT2D eigenvalue weighted by molar-refractivity contribution is 6.36. The number of hydrogen-bond donors (Lipinski definition) is 0. The maximum atomic E-state index is 14.1. The molecule has 0 bridgehead atoms. The highest BCUT2D eigenvalue weighted by Gasteiger charge is 2.37. The molecule has 37 heavy (non-hydrogen) atoms. The summed E-state index contributed by atoms with van der Waals surface area (Å²) >= 11 is 6.52. The molecule has 0 unspecified atom stereocenters. The fraction of sp³-hybridized carbons (Fsp3) is 0.107. The molecule has 1 amide bonds. The summed E-state index contributed by atoms with van der Waals surface area (Å²) in [6, 6.07) is 28.0. The number of nitrogens with zero attached hydrogens (tertiary/aromatic N) is 4. The zero-order valence-electron chi connectivity index (χ0n) is 19.4. The third kappa shape index (κ3) is 5.20. The van der Waals surface area contributed by atoms with Gasteiger partial charge >= 0.3 is 6.18 Å². The second kappa shape index (κ2) is 10.1. The molecular weight excluding hydrogens is 501 g/mol. The molecule has 0 saturated heterocycles. The second-order valence-corrected chi connectivity index (χ2v) is 8.80. The molecule has 0 radical (unpaired) electrons. The van der Waals surface area contributed by atoms with Gasteiger partial charge in [0, 0.05) is 18.7 Å². The Labute approximate surface area is 215 Å². The first-order valence-electron chi connectivity index (χ1n) is 11.4. The van der Waals surface area contributed by atoms with Crippen molar-refractivity contribution in [3.8, 4) is 11.3 Å². The molecule has 5 aromatic rings. The number of benzene rings is 3. The van der Waals surface area contributed by atoms with Crippen molar-refractivity contribution in [3.63, 3.8) is 0 Å². The van der Waals surface area contributed by atoms with Gasteiger partial charge in [0.1, 0.15) is 5.02 Å². The van der Waals surface area contributed by atoms with Crippen LogP contribution in [0.3, 0.4) is 0 Å². The quantitative estimate of drug-likeness (QED) is 0.244. The van der Waals surface area contributed by atoms with Crippen LogP contribution in [0.5, 0.6) is 0 Å². The van der Waals surface area contributed by atoms with Crippen LogP contribution < -0.4 is 0 Å². The molecule has 186 valence electrons. The van der Waals surface area contributed by atoms with Crippen LogP contribution in [-0.2, 0) is 19.3 Å². The van der Waals surface area contributed by atoms with Crippen LogP contribution in [0.25, 0.3) is 16.9 Å². The maximum Gasteiger partial charge on any atom is 0.433 e. The van der Waals surface area contributed by atoms with E-state index in [4.69, 9.17) is 11.6 Å². The largest absolute Gasteiger partial charge is 0.433 e. The smallest absolute Gasteiger partial charge is 0.329 e. The normalized spacial score (nSPS) is 11.6. The summed E-state index contributed by atoms with van der Waals surface area (Å²) < 4.78 is 42.8. The summed E-state index contributed by atoms with van der Waals surface area (Å²) in [5.41, 5.74) is 0.658. The van der Waals surface area contributed by atoms with E-state index in [1.54, 1.807) is 30.3 Å². The van der Waals surface area contributed by atoms with E-state index in [0.717, 1.165) is 17.2 Å². The first kappa shape index (κ1) is 24.5. The Hall–Kier alpha value is -4.17. The lowest BCUT2D eigenvalue weighted by Gasteiger charge is -2.22. The Morgan fingerprint density at radius 3 is 1.86 bits per heavy atom. The molecule has 2 aromatic heterocycles. The molecule has 0 aliphatic rings. The predicted octanol–water partition coefficient (Wildman–Crippen LogP) is 6.91. The summed E-state index contributed by atoms with van der Waals surface area (Å²) in [4.78, 5) is 19.6. The fourth-order valence-electron chi connectivity index (χ4n) is 4.04. The molecular formula is C28H20ClF3N4O. The molecule has 2 heterocycles. The standard InChI is InChI=1S/C28H20ClF3N4O/c29-24-25(27(37)35(17-19-10-4-1-5-11-19)18-20-12-6-2-7-13-20)34-36-23(28(30,31)32)16-22(33-26(24)36)21-14-8-3-9-15-21/h1-16H,17-18H2. The molecule has 0 aliphatic carbocycles. The molecule has 9 heteroatoms. The minimum atomic E-state index is -4.76. The van der Waals surface area contributed by atoms with E-state index in [9.17, 15) is 18.0 Å². The minimum absolute atomic E-state index is 0.0756. The summed E-state index contributed by atoms with van der Waals surface area (Å²) in [6.45, 7) is 0.432. The molecule has 3 aromatic carbocycles. The number of fused-ring (bicyclic) bond motifs is 1. The topological polar surface area (TPSA) is 50.5 Å². The summed E-state index contributed by atoms with van der Waals surface area (Å²) in [5, 5.41) is 3.79. The van der Waals surface area contributed by atoms with Gasteiger partial charge < -0.3 is 4.90 Å². The van der Waals surface area contributed by atoms with Crippen molar-refractivity contribution < 1.29 is 18.0 Å². The molecule has 5 nitrogen and oxygen atoms in total. The van der Waals surface area contributed by atoms with Crippen molar-refractivity contribution in [2.75, 3.05) is 0 Å². The van der Waals surface area contributed by atoms with Crippen LogP contribution >= 0.6 is 11.6 Å². The number of carbonyl (C=O) groups is 1. The number of carbonyl (C=O) groups excluding carboxylic acids is 1.